The van der Waals surface area contributed by atoms with Gasteiger partial charge in [0, 0.05) is 5.56 Å². The van der Waals surface area contributed by atoms with Gasteiger partial charge >= 0.3 is 12.4 Å². The predicted molar refractivity (Wildman–Crippen MR) is 122 cm³/mol. The number of nitrogens with zero attached hydrogens (tertiary/aromatic N) is 2. The molecule has 0 radical (unpaired) electrons. The lowest BCUT2D eigenvalue weighted by Gasteiger charge is -2.37. The Morgan fingerprint density at radius 1 is 0.613 bits per heavy atom. The Hall–Kier alpha value is -4.12. The molecule has 1 aliphatic rings. The predicted octanol–water partition coefficient (Wildman–Crippen LogP) is 3.79. The van der Waals surface area contributed by atoms with Gasteiger partial charge in [-0.05, 0) is 29.4 Å². The zero-order valence-electron chi connectivity index (χ0n) is 16.8. The van der Waals surface area contributed by atoms with Crippen LogP contribution >= 0.6 is 0 Å². The van der Waals surface area contributed by atoms with E-state index in [4.69, 9.17) is 14.2 Å². The first-order chi connectivity index (χ1) is 15.4. The summed E-state index contributed by atoms with van der Waals surface area (Å²) in [4.78, 5) is 0. The monoisotopic (exact) mass is 402 g/mol. The third-order valence-electron chi connectivity index (χ3n) is 5.88. The van der Waals surface area contributed by atoms with Gasteiger partial charge in [0.2, 0.25) is 0 Å². The minimum Gasteiger partial charge on any atom is -0.649 e. The molecule has 5 aromatic rings. The van der Waals surface area contributed by atoms with E-state index in [2.05, 4.69) is 24.3 Å². The van der Waals surface area contributed by atoms with Crippen LogP contribution in [0.25, 0.3) is 22.9 Å². The Morgan fingerprint density at radius 2 is 1.16 bits per heavy atom. The first-order valence-electron chi connectivity index (χ1n) is 10.4. The third-order valence-corrected chi connectivity index (χ3v) is 5.88. The Balaban J connectivity index is 1.70. The molecule has 31 heavy (non-hydrogen) atoms. The highest BCUT2D eigenvalue weighted by Crippen LogP contribution is 2.35. The fraction of sp³-hybridized carbons (Fsp3) is 0. The van der Waals surface area contributed by atoms with Crippen LogP contribution in [-0.2, 0) is 0 Å². The summed E-state index contributed by atoms with van der Waals surface area (Å²) in [5, 5.41) is 4.98. The van der Waals surface area contributed by atoms with E-state index < -0.39 is 6.48 Å². The highest BCUT2D eigenvalue weighted by atomic mass is 16.5. The minimum absolute atomic E-state index is 0.564. The lowest BCUT2D eigenvalue weighted by Crippen LogP contribution is -2.84. The lowest BCUT2D eigenvalue weighted by molar-refractivity contribution is -0.608. The molecule has 0 N–H and O–H groups in total. The van der Waals surface area contributed by atoms with Crippen molar-refractivity contribution < 1.29 is 13.7 Å². The van der Waals surface area contributed by atoms with Crippen LogP contribution in [-0.4, -0.2) is 11.6 Å². The summed E-state index contributed by atoms with van der Waals surface area (Å²) >= 11 is 0. The molecule has 0 atom stereocenters. The maximum Gasteiger partial charge on any atom is 0.540 e. The maximum atomic E-state index is 6.87. The molecule has 0 aliphatic carbocycles. The molecule has 2 heterocycles. The van der Waals surface area contributed by atoms with Crippen LogP contribution in [0.3, 0.4) is 0 Å². The highest BCUT2D eigenvalue weighted by molar-refractivity contribution is 6.91. The molecule has 1 aliphatic heterocycles. The summed E-state index contributed by atoms with van der Waals surface area (Å²) in [5.74, 6) is 2.04. The molecule has 0 bridgehead atoms. The molecule has 0 unspecified atom stereocenters. The van der Waals surface area contributed by atoms with E-state index >= 15 is 0 Å². The molecular weight excluding hydrogens is 383 g/mol. The minimum atomic E-state index is -1.90. The smallest absolute Gasteiger partial charge is 0.540 e. The van der Waals surface area contributed by atoms with Gasteiger partial charge in [-0.15, -0.1) is 0 Å². The molecule has 0 saturated carbocycles. The summed E-state index contributed by atoms with van der Waals surface area (Å²) in [5.41, 5.74) is 3.87. The number of rotatable bonds is 3. The van der Waals surface area contributed by atoms with Gasteiger partial charge < -0.3 is 9.07 Å². The van der Waals surface area contributed by atoms with E-state index in [1.807, 2.05) is 95.6 Å². The molecule has 0 amide bonds. The van der Waals surface area contributed by atoms with Crippen LogP contribution in [0.5, 0.6) is 5.75 Å². The van der Waals surface area contributed by atoms with E-state index in [1.54, 1.807) is 0 Å². The largest absolute Gasteiger partial charge is 0.649 e. The summed E-state index contributed by atoms with van der Waals surface area (Å²) in [7, 11) is 0. The fourth-order valence-corrected chi connectivity index (χ4v) is 4.44. The van der Waals surface area contributed by atoms with E-state index in [0.717, 1.165) is 27.8 Å². The van der Waals surface area contributed by atoms with Crippen molar-refractivity contribution in [3.63, 3.8) is 0 Å². The normalized spacial score (nSPS) is 13.7. The van der Waals surface area contributed by atoms with Crippen molar-refractivity contribution in [2.75, 3.05) is 0 Å². The molecule has 0 spiro atoms. The third kappa shape index (κ3) is 2.71. The second-order valence-electron chi connectivity index (χ2n) is 7.70. The number of para-hydroxylation sites is 1. The quantitative estimate of drug-likeness (QED) is 0.431. The summed E-state index contributed by atoms with van der Waals surface area (Å²) < 4.78 is 15.2. The molecule has 6 rings (SSSR count). The van der Waals surface area contributed by atoms with E-state index in [1.165, 1.54) is 0 Å². The standard InChI is InChI=1S/C26H19BN2O2/c1-4-12-20(13-5-1)25-28-29-26(30-25)23-18-10-11-19-24(23)31-27(29,21-14-6-2-7-15-21)22-16-8-3-9-17-22/h1-19H. The Morgan fingerprint density at radius 3 is 1.81 bits per heavy atom. The second kappa shape index (κ2) is 6.99. The Bertz CT molecular complexity index is 1310. The van der Waals surface area contributed by atoms with Gasteiger partial charge in [0.15, 0.2) is 0 Å². The van der Waals surface area contributed by atoms with Crippen molar-refractivity contribution in [3.8, 4) is 28.7 Å². The van der Waals surface area contributed by atoms with E-state index in [9.17, 15) is 0 Å². The van der Waals surface area contributed by atoms with Crippen molar-refractivity contribution in [1.29, 1.82) is 0 Å². The van der Waals surface area contributed by atoms with Gasteiger partial charge in [0.05, 0.1) is 5.75 Å². The number of hydrogen-bond acceptors (Lipinski definition) is 3. The molecular formula is C26H19BN2O2. The molecule has 1 aromatic heterocycles. The van der Waals surface area contributed by atoms with Crippen LogP contribution in [0.1, 0.15) is 0 Å². The summed E-state index contributed by atoms with van der Waals surface area (Å²) in [6, 6.07) is 38.5. The molecule has 5 heteroatoms. The maximum absolute atomic E-state index is 6.87. The second-order valence-corrected chi connectivity index (χ2v) is 7.70. The van der Waals surface area contributed by atoms with Crippen LogP contribution < -0.4 is 20.2 Å². The van der Waals surface area contributed by atoms with Gasteiger partial charge in [0.1, 0.15) is 5.56 Å². The number of fused-ring (bicyclic) bond motifs is 3. The fourth-order valence-electron chi connectivity index (χ4n) is 4.44. The SMILES string of the molecule is c1ccc(-c2n[n+]3c(o2)-c2ccccc2O[B-]3(c2ccccc2)c2ccccc2)cc1. The van der Waals surface area contributed by atoms with Crippen LogP contribution in [0, 0.1) is 0 Å². The molecule has 0 saturated heterocycles. The van der Waals surface area contributed by atoms with Gasteiger partial charge in [0.25, 0.3) is 5.89 Å². The molecule has 4 nitrogen and oxygen atoms in total. The first-order valence-corrected chi connectivity index (χ1v) is 10.4. The number of aromatic nitrogens is 2. The Kier molecular flexibility index (Phi) is 4.00. The van der Waals surface area contributed by atoms with Crippen molar-refractivity contribution in [3.05, 3.63) is 115 Å². The number of hydrogen-bond donors (Lipinski definition) is 0. The number of benzene rings is 4. The van der Waals surface area contributed by atoms with Gasteiger partial charge in [-0.3, -0.25) is 0 Å². The first kappa shape index (κ1) is 17.7. The lowest BCUT2D eigenvalue weighted by atomic mass is 9.41. The van der Waals surface area contributed by atoms with Crippen molar-refractivity contribution >= 4 is 17.4 Å². The van der Waals surface area contributed by atoms with Crippen molar-refractivity contribution in [2.24, 2.45) is 0 Å². The molecule has 0 fully saturated rings. The van der Waals surface area contributed by atoms with Crippen LogP contribution in [0.2, 0.25) is 0 Å². The van der Waals surface area contributed by atoms with E-state index in [-0.39, 0.29) is 0 Å². The van der Waals surface area contributed by atoms with Crippen molar-refractivity contribution in [1.82, 2.24) is 5.10 Å². The zero-order chi connectivity index (χ0) is 20.7. The zero-order valence-corrected chi connectivity index (χ0v) is 16.8. The van der Waals surface area contributed by atoms with Crippen LogP contribution in [0.15, 0.2) is 120 Å². The average molecular weight is 402 g/mol. The Labute approximate surface area is 180 Å². The topological polar surface area (TPSA) is 39.1 Å². The summed E-state index contributed by atoms with van der Waals surface area (Å²) in [6.07, 6.45) is 0. The van der Waals surface area contributed by atoms with E-state index in [0.29, 0.717) is 11.8 Å². The highest BCUT2D eigenvalue weighted by Gasteiger charge is 2.53. The summed E-state index contributed by atoms with van der Waals surface area (Å²) in [6.45, 7) is -1.90. The van der Waals surface area contributed by atoms with Crippen LogP contribution in [0.4, 0.5) is 0 Å². The van der Waals surface area contributed by atoms with Gasteiger partial charge in [-0.2, -0.15) is 0 Å². The van der Waals surface area contributed by atoms with Gasteiger partial charge in [-0.1, -0.05) is 102 Å². The molecule has 148 valence electrons. The average Bonchev–Trinajstić information content (AvgIpc) is 3.31. The van der Waals surface area contributed by atoms with Crippen molar-refractivity contribution in [2.45, 2.75) is 0 Å². The molecule has 4 aromatic carbocycles. The van der Waals surface area contributed by atoms with Gasteiger partial charge in [-0.25, -0.2) is 4.59 Å².